The summed E-state index contributed by atoms with van der Waals surface area (Å²) in [5.41, 5.74) is 0.842. The number of benzene rings is 1. The fourth-order valence-electron chi connectivity index (χ4n) is 0.940. The third kappa shape index (κ3) is 2.79. The molecule has 1 aromatic rings. The number of hydrogen-bond donors (Lipinski definition) is 0. The van der Waals surface area contributed by atoms with Crippen molar-refractivity contribution in [2.45, 2.75) is 6.92 Å². The molecule has 0 N–H and O–H groups in total. The van der Waals surface area contributed by atoms with Crippen LogP contribution in [0.5, 0.6) is 0 Å². The van der Waals surface area contributed by atoms with Crippen molar-refractivity contribution in [3.8, 4) is 6.07 Å². The molecule has 1 rings (SSSR count). The number of esters is 2. The van der Waals surface area contributed by atoms with Gasteiger partial charge in [-0.25, -0.2) is 9.59 Å². The Hall–Kier alpha value is -2.41. The van der Waals surface area contributed by atoms with Crippen molar-refractivity contribution >= 4 is 11.9 Å². The molecule has 4 nitrogen and oxygen atoms in total. The van der Waals surface area contributed by atoms with Crippen LogP contribution in [0.4, 0.5) is 0 Å². The molecule has 0 aliphatic rings. The second kappa shape index (κ2) is 4.89. The van der Waals surface area contributed by atoms with Crippen molar-refractivity contribution in [1.82, 2.24) is 0 Å². The maximum Gasteiger partial charge on any atom is 0.356 e. The zero-order valence-corrected chi connectivity index (χ0v) is 8.69. The third-order valence-corrected chi connectivity index (χ3v) is 1.85. The molecule has 0 spiro atoms. The normalized spacial score (nSPS) is 9.00. The van der Waals surface area contributed by atoms with Crippen LogP contribution in [0.15, 0.2) is 36.4 Å². The SMILES string of the molecule is C=C(C#N)C(=O)OC(=O)c1ccc(C)cc1. The van der Waals surface area contributed by atoms with Gasteiger partial charge in [0, 0.05) is 0 Å². The monoisotopic (exact) mass is 215 g/mol. The average Bonchev–Trinajstić information content (AvgIpc) is 2.28. The van der Waals surface area contributed by atoms with Gasteiger partial charge in [-0.3, -0.25) is 0 Å². The topological polar surface area (TPSA) is 67.2 Å². The van der Waals surface area contributed by atoms with Crippen LogP contribution in [0.1, 0.15) is 15.9 Å². The number of nitriles is 1. The molecular weight excluding hydrogens is 206 g/mol. The molecule has 0 unspecified atom stereocenters. The molecule has 80 valence electrons. The molecule has 0 bridgehead atoms. The predicted molar refractivity (Wildman–Crippen MR) is 56.4 cm³/mol. The van der Waals surface area contributed by atoms with E-state index >= 15 is 0 Å². The summed E-state index contributed by atoms with van der Waals surface area (Å²) in [6.45, 7) is 5.02. The summed E-state index contributed by atoms with van der Waals surface area (Å²) in [5.74, 6) is -1.81. The Bertz CT molecular complexity index is 480. The minimum atomic E-state index is -1.02. The van der Waals surface area contributed by atoms with Crippen LogP contribution < -0.4 is 0 Å². The van der Waals surface area contributed by atoms with Gasteiger partial charge in [-0.15, -0.1) is 0 Å². The fraction of sp³-hybridized carbons (Fsp3) is 0.0833. The minimum Gasteiger partial charge on any atom is -0.385 e. The molecule has 0 atom stereocenters. The van der Waals surface area contributed by atoms with Crippen LogP contribution >= 0.6 is 0 Å². The highest BCUT2D eigenvalue weighted by Crippen LogP contribution is 2.06. The van der Waals surface area contributed by atoms with E-state index in [1.54, 1.807) is 24.3 Å². The van der Waals surface area contributed by atoms with Gasteiger partial charge in [0.1, 0.15) is 11.6 Å². The molecule has 0 saturated carbocycles. The van der Waals surface area contributed by atoms with E-state index in [-0.39, 0.29) is 5.56 Å². The second-order valence-corrected chi connectivity index (χ2v) is 3.13. The number of aryl methyl sites for hydroxylation is 1. The largest absolute Gasteiger partial charge is 0.385 e. The molecule has 0 aromatic heterocycles. The van der Waals surface area contributed by atoms with Crippen molar-refractivity contribution in [3.63, 3.8) is 0 Å². The van der Waals surface area contributed by atoms with Gasteiger partial charge in [0.05, 0.1) is 5.56 Å². The maximum atomic E-state index is 11.4. The summed E-state index contributed by atoms with van der Waals surface area (Å²) in [6.07, 6.45) is 0. The summed E-state index contributed by atoms with van der Waals surface area (Å²) in [6, 6.07) is 8.04. The summed E-state index contributed by atoms with van der Waals surface area (Å²) in [7, 11) is 0. The first kappa shape index (κ1) is 11.7. The second-order valence-electron chi connectivity index (χ2n) is 3.13. The molecule has 0 radical (unpaired) electrons. The first-order chi connectivity index (χ1) is 7.54. The van der Waals surface area contributed by atoms with Gasteiger partial charge >= 0.3 is 11.9 Å². The van der Waals surface area contributed by atoms with Crippen LogP contribution in [0.2, 0.25) is 0 Å². The first-order valence-corrected chi connectivity index (χ1v) is 4.47. The minimum absolute atomic E-state index is 0.254. The summed E-state index contributed by atoms with van der Waals surface area (Å²) in [5, 5.41) is 8.36. The Morgan fingerprint density at radius 3 is 2.38 bits per heavy atom. The zero-order chi connectivity index (χ0) is 12.1. The van der Waals surface area contributed by atoms with Crippen molar-refractivity contribution < 1.29 is 14.3 Å². The molecule has 0 aliphatic heterocycles. The van der Waals surface area contributed by atoms with Gasteiger partial charge < -0.3 is 4.74 Å². The molecular formula is C12H9NO3. The van der Waals surface area contributed by atoms with Crippen molar-refractivity contribution in [2.24, 2.45) is 0 Å². The van der Waals surface area contributed by atoms with Gasteiger partial charge in [0.2, 0.25) is 0 Å². The highest BCUT2D eigenvalue weighted by atomic mass is 16.6. The maximum absolute atomic E-state index is 11.4. The van der Waals surface area contributed by atoms with Crippen LogP contribution in [-0.4, -0.2) is 11.9 Å². The Morgan fingerprint density at radius 1 is 1.31 bits per heavy atom. The van der Waals surface area contributed by atoms with Crippen LogP contribution in [-0.2, 0) is 9.53 Å². The van der Waals surface area contributed by atoms with Gasteiger partial charge in [0.15, 0.2) is 0 Å². The van der Waals surface area contributed by atoms with E-state index in [0.717, 1.165) is 5.56 Å². The lowest BCUT2D eigenvalue weighted by Gasteiger charge is -2.01. The smallest absolute Gasteiger partial charge is 0.356 e. The number of ether oxygens (including phenoxy) is 1. The summed E-state index contributed by atoms with van der Waals surface area (Å²) in [4.78, 5) is 22.5. The Balaban J connectivity index is 2.74. The van der Waals surface area contributed by atoms with E-state index in [1.807, 2.05) is 6.92 Å². The lowest BCUT2D eigenvalue weighted by Crippen LogP contribution is -2.13. The van der Waals surface area contributed by atoms with E-state index in [9.17, 15) is 9.59 Å². The number of rotatable bonds is 2. The Labute approximate surface area is 92.8 Å². The van der Waals surface area contributed by atoms with Crippen molar-refractivity contribution in [3.05, 3.63) is 47.5 Å². The highest BCUT2D eigenvalue weighted by molar-refractivity contribution is 6.03. The fourth-order valence-corrected chi connectivity index (χ4v) is 0.940. The lowest BCUT2D eigenvalue weighted by atomic mass is 10.1. The van der Waals surface area contributed by atoms with Crippen LogP contribution in [0, 0.1) is 18.3 Å². The standard InChI is InChI=1S/C12H9NO3/c1-8-3-5-10(6-4-8)12(15)16-11(14)9(2)7-13/h3-6H,2H2,1H3. The molecule has 4 heteroatoms. The van der Waals surface area contributed by atoms with E-state index in [2.05, 4.69) is 11.3 Å². The van der Waals surface area contributed by atoms with Gasteiger partial charge in [-0.2, -0.15) is 5.26 Å². The molecule has 0 aliphatic carbocycles. The molecule has 1 aromatic carbocycles. The van der Waals surface area contributed by atoms with Gasteiger partial charge in [0.25, 0.3) is 0 Å². The first-order valence-electron chi connectivity index (χ1n) is 4.47. The van der Waals surface area contributed by atoms with Crippen LogP contribution in [0.25, 0.3) is 0 Å². The number of carbonyl (C=O) groups is 2. The van der Waals surface area contributed by atoms with Crippen molar-refractivity contribution in [1.29, 1.82) is 5.26 Å². The van der Waals surface area contributed by atoms with E-state index in [1.165, 1.54) is 6.07 Å². The van der Waals surface area contributed by atoms with E-state index in [0.29, 0.717) is 0 Å². The predicted octanol–water partition coefficient (Wildman–Crippen LogP) is 1.76. The van der Waals surface area contributed by atoms with E-state index in [4.69, 9.17) is 5.26 Å². The third-order valence-electron chi connectivity index (χ3n) is 1.85. The number of hydrogen-bond acceptors (Lipinski definition) is 4. The number of carbonyl (C=O) groups excluding carboxylic acids is 2. The zero-order valence-electron chi connectivity index (χ0n) is 8.69. The molecule has 0 fully saturated rings. The Kier molecular flexibility index (Phi) is 3.57. The summed E-state index contributed by atoms with van der Waals surface area (Å²) >= 11 is 0. The molecule has 0 saturated heterocycles. The number of nitrogens with zero attached hydrogens (tertiary/aromatic N) is 1. The van der Waals surface area contributed by atoms with Gasteiger partial charge in [-0.1, -0.05) is 24.3 Å². The Morgan fingerprint density at radius 2 is 1.88 bits per heavy atom. The van der Waals surface area contributed by atoms with Crippen LogP contribution in [0.3, 0.4) is 0 Å². The quantitative estimate of drug-likeness (QED) is 0.326. The molecule has 0 heterocycles. The molecule has 16 heavy (non-hydrogen) atoms. The summed E-state index contributed by atoms with van der Waals surface area (Å²) < 4.78 is 4.43. The van der Waals surface area contributed by atoms with Crippen molar-refractivity contribution in [2.75, 3.05) is 0 Å². The van der Waals surface area contributed by atoms with Gasteiger partial charge in [-0.05, 0) is 19.1 Å². The highest BCUT2D eigenvalue weighted by Gasteiger charge is 2.15. The van der Waals surface area contributed by atoms with E-state index < -0.39 is 17.5 Å². The molecule has 0 amide bonds. The lowest BCUT2D eigenvalue weighted by molar-refractivity contribution is -0.133. The average molecular weight is 215 g/mol.